The van der Waals surface area contributed by atoms with Gasteiger partial charge in [0.1, 0.15) is 5.75 Å². The predicted molar refractivity (Wildman–Crippen MR) is 89.4 cm³/mol. The molecule has 0 atom stereocenters. The number of hydrogen-bond acceptors (Lipinski definition) is 4. The van der Waals surface area contributed by atoms with Crippen molar-refractivity contribution in [3.63, 3.8) is 0 Å². The number of nitrogens with zero attached hydrogens (tertiary/aromatic N) is 1. The van der Waals surface area contributed by atoms with Crippen molar-refractivity contribution in [3.05, 3.63) is 36.5 Å². The molecule has 122 valence electrons. The van der Waals surface area contributed by atoms with Crippen LogP contribution in [0.3, 0.4) is 0 Å². The molecule has 0 amide bonds. The molecule has 1 aliphatic rings. The largest absolute Gasteiger partial charge is 0.490 e. The van der Waals surface area contributed by atoms with E-state index in [1.165, 1.54) is 0 Å². The lowest BCUT2D eigenvalue weighted by atomic mass is 9.85. The zero-order valence-electron chi connectivity index (χ0n) is 13.5. The Morgan fingerprint density at radius 2 is 1.96 bits per heavy atom. The van der Waals surface area contributed by atoms with Crippen LogP contribution in [0.2, 0.25) is 0 Å². The van der Waals surface area contributed by atoms with Gasteiger partial charge in [0.05, 0.1) is 18.2 Å². The number of fused-ring (bicyclic) bond motifs is 1. The summed E-state index contributed by atoms with van der Waals surface area (Å²) in [6.07, 6.45) is 6.57. The van der Waals surface area contributed by atoms with E-state index >= 15 is 0 Å². The van der Waals surface area contributed by atoms with E-state index in [1.807, 2.05) is 37.3 Å². The number of benzene rings is 1. The molecule has 4 heteroatoms. The van der Waals surface area contributed by atoms with E-state index in [0.717, 1.165) is 42.3 Å². The Kier molecular flexibility index (Phi) is 5.11. The lowest BCUT2D eigenvalue weighted by molar-refractivity contribution is -0.144. The van der Waals surface area contributed by atoms with E-state index in [2.05, 4.69) is 4.98 Å². The number of esters is 1. The Morgan fingerprint density at radius 3 is 2.74 bits per heavy atom. The van der Waals surface area contributed by atoms with Crippen LogP contribution in [0, 0.1) is 5.92 Å². The third kappa shape index (κ3) is 4.01. The molecule has 4 nitrogen and oxygen atoms in total. The zero-order valence-corrected chi connectivity index (χ0v) is 13.5. The van der Waals surface area contributed by atoms with Gasteiger partial charge >= 0.3 is 5.97 Å². The maximum Gasteiger partial charge on any atom is 0.306 e. The van der Waals surface area contributed by atoms with Gasteiger partial charge in [-0.1, -0.05) is 12.1 Å². The highest BCUT2D eigenvalue weighted by Crippen LogP contribution is 2.32. The number of ether oxygens (including phenoxy) is 2. The molecule has 1 aromatic heterocycles. The zero-order chi connectivity index (χ0) is 16.1. The highest BCUT2D eigenvalue weighted by molar-refractivity contribution is 5.84. The third-order valence-electron chi connectivity index (χ3n) is 4.46. The molecular formula is C19H23NO3. The SMILES string of the molecule is CCOC(=O)CC1CCC(Oc2ccnc3ccccc23)CC1. The topological polar surface area (TPSA) is 48.4 Å². The van der Waals surface area contributed by atoms with E-state index in [0.29, 0.717) is 18.9 Å². The second-order valence-electron chi connectivity index (χ2n) is 6.10. The maximum absolute atomic E-state index is 11.6. The number of rotatable bonds is 5. The molecule has 1 saturated carbocycles. The first-order valence-electron chi connectivity index (χ1n) is 8.42. The number of carbonyl (C=O) groups is 1. The summed E-state index contributed by atoms with van der Waals surface area (Å²) in [6, 6.07) is 9.97. The van der Waals surface area contributed by atoms with Crippen molar-refractivity contribution in [3.8, 4) is 5.75 Å². The molecular weight excluding hydrogens is 290 g/mol. The Labute approximate surface area is 136 Å². The van der Waals surface area contributed by atoms with Crippen molar-refractivity contribution in [1.29, 1.82) is 0 Å². The molecule has 1 aliphatic carbocycles. The first-order valence-corrected chi connectivity index (χ1v) is 8.42. The van der Waals surface area contributed by atoms with Crippen LogP contribution < -0.4 is 4.74 Å². The van der Waals surface area contributed by atoms with Crippen molar-refractivity contribution in [2.75, 3.05) is 6.61 Å². The van der Waals surface area contributed by atoms with Gasteiger partial charge in [0.15, 0.2) is 0 Å². The van der Waals surface area contributed by atoms with E-state index in [1.54, 1.807) is 6.20 Å². The average molecular weight is 313 g/mol. The Balaban J connectivity index is 1.57. The van der Waals surface area contributed by atoms with Crippen LogP contribution in [-0.2, 0) is 9.53 Å². The lowest BCUT2D eigenvalue weighted by Gasteiger charge is -2.28. The highest BCUT2D eigenvalue weighted by atomic mass is 16.5. The van der Waals surface area contributed by atoms with Crippen LogP contribution in [0.1, 0.15) is 39.0 Å². The number of pyridine rings is 1. The van der Waals surface area contributed by atoms with E-state index in [4.69, 9.17) is 9.47 Å². The van der Waals surface area contributed by atoms with Gasteiger partial charge in [-0.15, -0.1) is 0 Å². The number of carbonyl (C=O) groups excluding carboxylic acids is 1. The van der Waals surface area contributed by atoms with Gasteiger partial charge in [-0.3, -0.25) is 9.78 Å². The smallest absolute Gasteiger partial charge is 0.306 e. The minimum Gasteiger partial charge on any atom is -0.490 e. The van der Waals surface area contributed by atoms with Gasteiger partial charge in [-0.25, -0.2) is 0 Å². The molecule has 0 bridgehead atoms. The second-order valence-corrected chi connectivity index (χ2v) is 6.10. The van der Waals surface area contributed by atoms with Gasteiger partial charge < -0.3 is 9.47 Å². The van der Waals surface area contributed by atoms with Crippen LogP contribution in [0.5, 0.6) is 5.75 Å². The predicted octanol–water partition coefficient (Wildman–Crippen LogP) is 4.13. The molecule has 2 aromatic rings. The van der Waals surface area contributed by atoms with Crippen LogP contribution in [0.25, 0.3) is 10.9 Å². The summed E-state index contributed by atoms with van der Waals surface area (Å²) in [5, 5.41) is 1.06. The standard InChI is InChI=1S/C19H23NO3/c1-2-22-19(21)13-14-7-9-15(10-8-14)23-18-11-12-20-17-6-4-3-5-16(17)18/h3-6,11-12,14-15H,2,7-10,13H2,1H3. The molecule has 0 unspecified atom stereocenters. The van der Waals surface area contributed by atoms with E-state index in [-0.39, 0.29) is 12.1 Å². The first-order chi connectivity index (χ1) is 11.3. The van der Waals surface area contributed by atoms with Crippen LogP contribution in [0.15, 0.2) is 36.5 Å². The van der Waals surface area contributed by atoms with Gasteiger partial charge in [-0.2, -0.15) is 0 Å². The van der Waals surface area contributed by atoms with Gasteiger partial charge in [-0.05, 0) is 56.7 Å². The Hall–Kier alpha value is -2.10. The average Bonchev–Trinajstić information content (AvgIpc) is 2.57. The quantitative estimate of drug-likeness (QED) is 0.779. The Morgan fingerprint density at radius 1 is 1.17 bits per heavy atom. The summed E-state index contributed by atoms with van der Waals surface area (Å²) in [5.74, 6) is 1.27. The molecule has 23 heavy (non-hydrogen) atoms. The van der Waals surface area contributed by atoms with Crippen molar-refractivity contribution < 1.29 is 14.3 Å². The van der Waals surface area contributed by atoms with Crippen LogP contribution >= 0.6 is 0 Å². The van der Waals surface area contributed by atoms with Crippen molar-refractivity contribution in [2.45, 2.75) is 45.1 Å². The summed E-state index contributed by atoms with van der Waals surface area (Å²) < 4.78 is 11.3. The Bertz CT molecular complexity index is 657. The summed E-state index contributed by atoms with van der Waals surface area (Å²) in [4.78, 5) is 15.9. The van der Waals surface area contributed by atoms with Crippen molar-refractivity contribution in [1.82, 2.24) is 4.98 Å². The molecule has 0 spiro atoms. The van der Waals surface area contributed by atoms with Crippen molar-refractivity contribution in [2.24, 2.45) is 5.92 Å². The fourth-order valence-corrected chi connectivity index (χ4v) is 3.26. The van der Waals surface area contributed by atoms with Crippen LogP contribution in [0.4, 0.5) is 0 Å². The van der Waals surface area contributed by atoms with Gasteiger partial charge in [0, 0.05) is 18.0 Å². The number of aromatic nitrogens is 1. The molecule has 1 aromatic carbocycles. The molecule has 0 saturated heterocycles. The molecule has 1 fully saturated rings. The van der Waals surface area contributed by atoms with Gasteiger partial charge in [0.25, 0.3) is 0 Å². The fraction of sp³-hybridized carbons (Fsp3) is 0.474. The number of para-hydroxylation sites is 1. The van der Waals surface area contributed by atoms with Crippen molar-refractivity contribution >= 4 is 16.9 Å². The summed E-state index contributed by atoms with van der Waals surface area (Å²) in [6.45, 7) is 2.31. The summed E-state index contributed by atoms with van der Waals surface area (Å²) >= 11 is 0. The number of hydrogen-bond donors (Lipinski definition) is 0. The lowest BCUT2D eigenvalue weighted by Crippen LogP contribution is -2.25. The first kappa shape index (κ1) is 15.8. The summed E-state index contributed by atoms with van der Waals surface area (Å²) in [5.41, 5.74) is 0.959. The van der Waals surface area contributed by atoms with Gasteiger partial charge in [0.2, 0.25) is 0 Å². The minimum atomic E-state index is -0.0722. The molecule has 0 N–H and O–H groups in total. The highest BCUT2D eigenvalue weighted by Gasteiger charge is 2.25. The molecule has 0 radical (unpaired) electrons. The normalized spacial score (nSPS) is 21.1. The monoisotopic (exact) mass is 313 g/mol. The second kappa shape index (κ2) is 7.44. The minimum absolute atomic E-state index is 0.0722. The van der Waals surface area contributed by atoms with E-state index < -0.39 is 0 Å². The van der Waals surface area contributed by atoms with Crippen LogP contribution in [-0.4, -0.2) is 23.7 Å². The molecule has 3 rings (SSSR count). The fourth-order valence-electron chi connectivity index (χ4n) is 3.26. The summed E-state index contributed by atoms with van der Waals surface area (Å²) in [7, 11) is 0. The van der Waals surface area contributed by atoms with E-state index in [9.17, 15) is 4.79 Å². The molecule has 1 heterocycles. The third-order valence-corrected chi connectivity index (χ3v) is 4.46. The molecule has 0 aliphatic heterocycles. The maximum atomic E-state index is 11.6.